The zero-order valence-corrected chi connectivity index (χ0v) is 12.1. The van der Waals surface area contributed by atoms with Crippen molar-refractivity contribution in [2.24, 2.45) is 11.8 Å². The molecule has 2 aromatic rings. The number of carbonyl (C=O) groups excluding carboxylic acids is 1. The number of fused-ring (bicyclic) bond motifs is 3. The summed E-state index contributed by atoms with van der Waals surface area (Å²) in [4.78, 5) is 16.8. The van der Waals surface area contributed by atoms with Crippen LogP contribution in [0.5, 0.6) is 0 Å². The van der Waals surface area contributed by atoms with Gasteiger partial charge in [-0.3, -0.25) is 10.1 Å². The van der Waals surface area contributed by atoms with Crippen molar-refractivity contribution in [3.8, 4) is 6.07 Å². The van der Waals surface area contributed by atoms with Crippen molar-refractivity contribution in [3.05, 3.63) is 36.4 Å². The number of hydrogen-bond acceptors (Lipinski definition) is 3. The molecule has 5 heteroatoms. The van der Waals surface area contributed by atoms with E-state index in [0.29, 0.717) is 5.95 Å². The number of rotatable bonds is 1. The maximum atomic E-state index is 12.3. The van der Waals surface area contributed by atoms with Crippen molar-refractivity contribution in [1.82, 2.24) is 9.55 Å². The van der Waals surface area contributed by atoms with E-state index in [4.69, 9.17) is 0 Å². The van der Waals surface area contributed by atoms with E-state index in [9.17, 15) is 10.1 Å². The second kappa shape index (κ2) is 4.99. The average molecular weight is 292 g/mol. The number of carbonyl (C=O) groups is 1. The Bertz CT molecular complexity index is 814. The van der Waals surface area contributed by atoms with Crippen LogP contribution in [0.3, 0.4) is 0 Å². The predicted molar refractivity (Wildman–Crippen MR) is 83.0 cm³/mol. The van der Waals surface area contributed by atoms with Crippen LogP contribution in [0.15, 0.2) is 36.4 Å². The highest BCUT2D eigenvalue weighted by atomic mass is 16.2. The molecular weight excluding hydrogens is 276 g/mol. The van der Waals surface area contributed by atoms with Crippen molar-refractivity contribution >= 4 is 22.9 Å². The molecule has 1 aromatic carbocycles. The minimum atomic E-state index is -0.665. The number of hydrogen-bond donors (Lipinski definition) is 1. The van der Waals surface area contributed by atoms with Gasteiger partial charge in [-0.1, -0.05) is 24.3 Å². The SMILES string of the molecule is N#C[C@@H]1C(=O)Nc2nc3ccccc3n2[C@H]1[C@@H]1CC=CCC1. The minimum absolute atomic E-state index is 0.147. The summed E-state index contributed by atoms with van der Waals surface area (Å²) >= 11 is 0. The van der Waals surface area contributed by atoms with Crippen LogP contribution >= 0.6 is 0 Å². The molecule has 2 aliphatic rings. The first-order valence-electron chi connectivity index (χ1n) is 7.62. The van der Waals surface area contributed by atoms with Gasteiger partial charge in [-0.15, -0.1) is 0 Å². The monoisotopic (exact) mass is 292 g/mol. The van der Waals surface area contributed by atoms with E-state index in [1.807, 2.05) is 24.3 Å². The number of nitriles is 1. The van der Waals surface area contributed by atoms with E-state index in [1.54, 1.807) is 0 Å². The van der Waals surface area contributed by atoms with Gasteiger partial charge in [0, 0.05) is 0 Å². The average Bonchev–Trinajstić information content (AvgIpc) is 2.92. The normalized spacial score (nSPS) is 27.2. The quantitative estimate of drug-likeness (QED) is 0.821. The number of para-hydroxylation sites is 2. The maximum absolute atomic E-state index is 12.3. The number of aromatic nitrogens is 2. The molecule has 3 atom stereocenters. The Morgan fingerprint density at radius 2 is 2.18 bits per heavy atom. The fourth-order valence-corrected chi connectivity index (χ4v) is 3.67. The van der Waals surface area contributed by atoms with Gasteiger partial charge in [0.25, 0.3) is 0 Å². The molecule has 0 spiro atoms. The van der Waals surface area contributed by atoms with Crippen molar-refractivity contribution in [2.75, 3.05) is 5.32 Å². The van der Waals surface area contributed by atoms with E-state index in [-0.39, 0.29) is 17.9 Å². The van der Waals surface area contributed by atoms with Gasteiger partial charge in [-0.05, 0) is 37.3 Å². The molecule has 110 valence electrons. The molecule has 22 heavy (non-hydrogen) atoms. The van der Waals surface area contributed by atoms with Gasteiger partial charge in [-0.25, -0.2) is 4.98 Å². The Hall–Kier alpha value is -2.61. The van der Waals surface area contributed by atoms with E-state index in [2.05, 4.69) is 33.1 Å². The van der Waals surface area contributed by atoms with Crippen molar-refractivity contribution in [1.29, 1.82) is 5.26 Å². The summed E-state index contributed by atoms with van der Waals surface area (Å²) in [7, 11) is 0. The molecule has 4 rings (SSSR count). The lowest BCUT2D eigenvalue weighted by Gasteiger charge is -2.36. The molecule has 5 nitrogen and oxygen atoms in total. The van der Waals surface area contributed by atoms with Crippen molar-refractivity contribution in [3.63, 3.8) is 0 Å². The molecule has 0 radical (unpaired) electrons. The van der Waals surface area contributed by atoms with Crippen LogP contribution in [-0.2, 0) is 4.79 Å². The predicted octanol–water partition coefficient (Wildman–Crippen LogP) is 3.03. The summed E-state index contributed by atoms with van der Waals surface area (Å²) in [6, 6.07) is 9.90. The van der Waals surface area contributed by atoms with Gasteiger partial charge >= 0.3 is 0 Å². The molecule has 1 aliphatic heterocycles. The lowest BCUT2D eigenvalue weighted by atomic mass is 9.80. The first-order valence-corrected chi connectivity index (χ1v) is 7.62. The van der Waals surface area contributed by atoms with E-state index in [0.717, 1.165) is 30.3 Å². The molecule has 1 N–H and O–H groups in total. The Morgan fingerprint density at radius 1 is 1.32 bits per heavy atom. The van der Waals surface area contributed by atoms with E-state index >= 15 is 0 Å². The van der Waals surface area contributed by atoms with Gasteiger partial charge in [0.15, 0.2) is 0 Å². The summed E-state index contributed by atoms with van der Waals surface area (Å²) in [5, 5.41) is 12.3. The highest BCUT2D eigenvalue weighted by Gasteiger charge is 2.41. The van der Waals surface area contributed by atoms with E-state index < -0.39 is 5.92 Å². The number of nitrogens with zero attached hydrogens (tertiary/aromatic N) is 3. The van der Waals surface area contributed by atoms with Gasteiger partial charge in [0.2, 0.25) is 11.9 Å². The van der Waals surface area contributed by atoms with Crippen LogP contribution in [-0.4, -0.2) is 15.5 Å². The van der Waals surface area contributed by atoms with Crippen LogP contribution in [0.25, 0.3) is 11.0 Å². The summed E-state index contributed by atoms with van der Waals surface area (Å²) in [5.74, 6) is -0.0409. The topological polar surface area (TPSA) is 70.7 Å². The number of amides is 1. The standard InChI is InChI=1S/C17H16N4O/c18-10-12-15(11-6-2-1-3-7-11)21-14-9-5-4-8-13(14)19-17(21)20-16(12)22/h1-2,4-5,8-9,11-12,15H,3,6-7H2,(H,19,20,22)/t11-,12+,15+/m1/s1. The summed E-state index contributed by atoms with van der Waals surface area (Å²) in [6.07, 6.45) is 7.24. The highest BCUT2D eigenvalue weighted by molar-refractivity contribution is 5.97. The molecule has 1 aromatic heterocycles. The van der Waals surface area contributed by atoms with Crippen LogP contribution < -0.4 is 5.32 Å². The minimum Gasteiger partial charge on any atom is -0.305 e. The molecule has 0 bridgehead atoms. The maximum Gasteiger partial charge on any atom is 0.246 e. The lowest BCUT2D eigenvalue weighted by Crippen LogP contribution is -2.40. The molecular formula is C17H16N4O. The Morgan fingerprint density at radius 3 is 2.95 bits per heavy atom. The van der Waals surface area contributed by atoms with Crippen LogP contribution in [0.2, 0.25) is 0 Å². The third kappa shape index (κ3) is 1.84. The second-order valence-corrected chi connectivity index (χ2v) is 5.93. The fourth-order valence-electron chi connectivity index (χ4n) is 3.67. The van der Waals surface area contributed by atoms with Gasteiger partial charge in [-0.2, -0.15) is 5.26 Å². The highest BCUT2D eigenvalue weighted by Crippen LogP contribution is 2.41. The molecule has 1 amide bonds. The van der Waals surface area contributed by atoms with Crippen LogP contribution in [0.4, 0.5) is 5.95 Å². The summed E-state index contributed by atoms with van der Waals surface area (Å²) < 4.78 is 2.06. The molecule has 0 unspecified atom stereocenters. The largest absolute Gasteiger partial charge is 0.305 e. The number of benzene rings is 1. The van der Waals surface area contributed by atoms with E-state index in [1.165, 1.54) is 0 Å². The first-order chi connectivity index (χ1) is 10.8. The third-order valence-electron chi connectivity index (χ3n) is 4.68. The molecule has 2 heterocycles. The van der Waals surface area contributed by atoms with Crippen molar-refractivity contribution < 1.29 is 4.79 Å². The molecule has 0 fully saturated rings. The Balaban J connectivity index is 1.92. The van der Waals surface area contributed by atoms with Crippen LogP contribution in [0, 0.1) is 23.2 Å². The number of allylic oxidation sites excluding steroid dienone is 2. The van der Waals surface area contributed by atoms with Crippen LogP contribution in [0.1, 0.15) is 25.3 Å². The first kappa shape index (κ1) is 13.1. The second-order valence-electron chi connectivity index (χ2n) is 5.93. The molecule has 0 saturated carbocycles. The lowest BCUT2D eigenvalue weighted by molar-refractivity contribution is -0.120. The fraction of sp³-hybridized carbons (Fsp3) is 0.353. The molecule has 0 saturated heterocycles. The van der Waals surface area contributed by atoms with Gasteiger partial charge in [0.05, 0.1) is 23.1 Å². The zero-order chi connectivity index (χ0) is 15.1. The number of imidazole rings is 1. The number of nitrogens with one attached hydrogen (secondary N) is 1. The van der Waals surface area contributed by atoms with Gasteiger partial charge < -0.3 is 4.57 Å². The summed E-state index contributed by atoms with van der Waals surface area (Å²) in [5.41, 5.74) is 1.84. The smallest absolute Gasteiger partial charge is 0.246 e. The zero-order valence-electron chi connectivity index (χ0n) is 12.1. The number of anilines is 1. The Labute approximate surface area is 128 Å². The molecule has 1 aliphatic carbocycles. The van der Waals surface area contributed by atoms with Gasteiger partial charge in [0.1, 0.15) is 5.92 Å². The van der Waals surface area contributed by atoms with Crippen molar-refractivity contribution in [2.45, 2.75) is 25.3 Å². The third-order valence-corrected chi connectivity index (χ3v) is 4.68. The Kier molecular flexibility index (Phi) is 2.97. The summed E-state index contributed by atoms with van der Waals surface area (Å²) in [6.45, 7) is 0.